The number of allylic oxidation sites excluding steroid dienone is 1. The summed E-state index contributed by atoms with van der Waals surface area (Å²) in [6.07, 6.45) is 0. The molecule has 1 aliphatic heterocycles. The van der Waals surface area contributed by atoms with Gasteiger partial charge in [0, 0.05) is 10.7 Å². The van der Waals surface area contributed by atoms with Crippen molar-refractivity contribution in [1.82, 2.24) is 10.6 Å². The van der Waals surface area contributed by atoms with Gasteiger partial charge in [0.15, 0.2) is 0 Å². The van der Waals surface area contributed by atoms with Crippen LogP contribution in [0.1, 0.15) is 18.5 Å². The van der Waals surface area contributed by atoms with E-state index in [1.54, 1.807) is 37.3 Å². The fraction of sp³-hybridized carbons (Fsp3) is 0.111. The van der Waals surface area contributed by atoms with E-state index in [4.69, 9.17) is 11.6 Å². The summed E-state index contributed by atoms with van der Waals surface area (Å²) in [5.74, 6) is -1.05. The van der Waals surface area contributed by atoms with Gasteiger partial charge < -0.3 is 16.0 Å². The van der Waals surface area contributed by atoms with Gasteiger partial charge in [0.05, 0.1) is 17.3 Å². The predicted molar refractivity (Wildman–Crippen MR) is 93.6 cm³/mol. The second-order valence-electron chi connectivity index (χ2n) is 5.56. The van der Waals surface area contributed by atoms with Crippen molar-refractivity contribution in [2.45, 2.75) is 13.0 Å². The van der Waals surface area contributed by atoms with Crippen molar-refractivity contribution in [2.75, 3.05) is 5.32 Å². The molecule has 3 amide bonds. The van der Waals surface area contributed by atoms with Crippen molar-refractivity contribution >= 4 is 29.2 Å². The predicted octanol–water partition coefficient (Wildman–Crippen LogP) is 3.75. The minimum atomic E-state index is -0.695. The second kappa shape index (κ2) is 6.94. The number of benzene rings is 2. The van der Waals surface area contributed by atoms with E-state index in [-0.39, 0.29) is 11.3 Å². The number of urea groups is 1. The Hall–Kier alpha value is -2.86. The van der Waals surface area contributed by atoms with Gasteiger partial charge in [0.1, 0.15) is 5.82 Å². The Morgan fingerprint density at radius 3 is 2.68 bits per heavy atom. The number of hydrogen-bond acceptors (Lipinski definition) is 2. The minimum Gasteiger partial charge on any atom is -0.327 e. The number of carbonyl (C=O) groups is 2. The number of hydrogen-bond donors (Lipinski definition) is 3. The molecule has 5 nitrogen and oxygen atoms in total. The molecule has 1 atom stereocenters. The van der Waals surface area contributed by atoms with Crippen molar-refractivity contribution in [3.05, 3.63) is 76.2 Å². The van der Waals surface area contributed by atoms with Crippen molar-refractivity contribution in [3.63, 3.8) is 0 Å². The second-order valence-corrected chi connectivity index (χ2v) is 6.00. The van der Waals surface area contributed by atoms with Crippen molar-refractivity contribution in [1.29, 1.82) is 0 Å². The van der Waals surface area contributed by atoms with Crippen molar-refractivity contribution in [3.8, 4) is 0 Å². The fourth-order valence-corrected chi connectivity index (χ4v) is 2.88. The van der Waals surface area contributed by atoms with Crippen molar-refractivity contribution in [2.24, 2.45) is 0 Å². The van der Waals surface area contributed by atoms with E-state index in [0.29, 0.717) is 16.3 Å². The number of rotatable bonds is 3. The van der Waals surface area contributed by atoms with Gasteiger partial charge in [-0.3, -0.25) is 4.79 Å². The van der Waals surface area contributed by atoms with Gasteiger partial charge in [0.25, 0.3) is 5.91 Å². The molecule has 0 spiro atoms. The third-order valence-electron chi connectivity index (χ3n) is 3.82. The number of anilines is 1. The fourth-order valence-electron chi connectivity index (χ4n) is 2.68. The molecule has 0 bridgehead atoms. The zero-order valence-electron chi connectivity index (χ0n) is 13.3. The van der Waals surface area contributed by atoms with Gasteiger partial charge in [-0.1, -0.05) is 35.9 Å². The number of amides is 3. The monoisotopic (exact) mass is 359 g/mol. The molecule has 7 heteroatoms. The summed E-state index contributed by atoms with van der Waals surface area (Å²) in [4.78, 5) is 24.6. The van der Waals surface area contributed by atoms with Crippen LogP contribution in [0.2, 0.25) is 5.02 Å². The van der Waals surface area contributed by atoms with Crippen molar-refractivity contribution < 1.29 is 14.0 Å². The van der Waals surface area contributed by atoms with Gasteiger partial charge >= 0.3 is 6.03 Å². The Bertz CT molecular complexity index is 882. The Morgan fingerprint density at radius 1 is 1.20 bits per heavy atom. The van der Waals surface area contributed by atoms with Gasteiger partial charge in [-0.2, -0.15) is 0 Å². The minimum absolute atomic E-state index is 0.0644. The first kappa shape index (κ1) is 17.0. The SMILES string of the molecule is CC1=C(C(=O)Nc2ccccc2F)C(c2cccc(Cl)c2)NC(=O)N1. The molecule has 0 fully saturated rings. The summed E-state index contributed by atoms with van der Waals surface area (Å²) in [6.45, 7) is 1.62. The van der Waals surface area contributed by atoms with Gasteiger partial charge in [-0.25, -0.2) is 9.18 Å². The lowest BCUT2D eigenvalue weighted by molar-refractivity contribution is -0.113. The first-order chi connectivity index (χ1) is 12.0. The molecular formula is C18H15ClFN3O2. The van der Waals surface area contributed by atoms with E-state index in [2.05, 4.69) is 16.0 Å². The Kier molecular flexibility index (Phi) is 4.72. The van der Waals surface area contributed by atoms with Gasteiger partial charge in [0.2, 0.25) is 0 Å². The molecule has 1 heterocycles. The molecule has 0 radical (unpaired) electrons. The molecule has 1 aliphatic rings. The quantitative estimate of drug-likeness (QED) is 0.781. The molecule has 128 valence electrons. The molecule has 0 aliphatic carbocycles. The van der Waals surface area contributed by atoms with E-state index < -0.39 is 23.8 Å². The first-order valence-electron chi connectivity index (χ1n) is 7.55. The molecule has 1 unspecified atom stereocenters. The summed E-state index contributed by atoms with van der Waals surface area (Å²) in [5.41, 5.74) is 1.39. The lowest BCUT2D eigenvalue weighted by Crippen LogP contribution is -2.46. The summed E-state index contributed by atoms with van der Waals surface area (Å²) in [5, 5.41) is 8.29. The van der Waals surface area contributed by atoms with E-state index in [1.165, 1.54) is 18.2 Å². The number of para-hydroxylation sites is 1. The normalized spacial score (nSPS) is 16.9. The molecular weight excluding hydrogens is 345 g/mol. The summed E-state index contributed by atoms with van der Waals surface area (Å²) >= 11 is 6.02. The van der Waals surface area contributed by atoms with E-state index in [9.17, 15) is 14.0 Å². The molecule has 3 rings (SSSR count). The Labute approximate surface area is 148 Å². The van der Waals surface area contributed by atoms with E-state index in [0.717, 1.165) is 0 Å². The van der Waals surface area contributed by atoms with Gasteiger partial charge in [-0.05, 0) is 36.8 Å². The van der Waals surface area contributed by atoms with Crippen LogP contribution in [0.25, 0.3) is 0 Å². The third kappa shape index (κ3) is 3.64. The Morgan fingerprint density at radius 2 is 1.96 bits per heavy atom. The lowest BCUT2D eigenvalue weighted by atomic mass is 9.95. The maximum atomic E-state index is 13.8. The summed E-state index contributed by atoms with van der Waals surface area (Å²) in [6, 6.07) is 11.6. The number of carbonyl (C=O) groups excluding carboxylic acids is 2. The van der Waals surface area contributed by atoms with Crippen LogP contribution in [-0.4, -0.2) is 11.9 Å². The zero-order valence-corrected chi connectivity index (χ0v) is 14.0. The van der Waals surface area contributed by atoms with Crippen LogP contribution in [0.5, 0.6) is 0 Å². The van der Waals surface area contributed by atoms with Gasteiger partial charge in [-0.15, -0.1) is 0 Å². The maximum absolute atomic E-state index is 13.8. The van der Waals surface area contributed by atoms with Crippen LogP contribution < -0.4 is 16.0 Å². The van der Waals surface area contributed by atoms with Crippen LogP contribution in [0.3, 0.4) is 0 Å². The maximum Gasteiger partial charge on any atom is 0.319 e. The highest BCUT2D eigenvalue weighted by Gasteiger charge is 2.31. The average molecular weight is 360 g/mol. The van der Waals surface area contributed by atoms with E-state index >= 15 is 0 Å². The molecule has 25 heavy (non-hydrogen) atoms. The molecule has 0 saturated heterocycles. The molecule has 0 saturated carbocycles. The average Bonchev–Trinajstić information content (AvgIpc) is 2.56. The highest BCUT2D eigenvalue weighted by atomic mass is 35.5. The standard InChI is InChI=1S/C18H15ClFN3O2/c1-10-15(17(24)22-14-8-3-2-7-13(14)20)16(23-18(25)21-10)11-5-4-6-12(19)9-11/h2-9,16H,1H3,(H,22,24)(H2,21,23,25). The summed E-state index contributed by atoms with van der Waals surface area (Å²) < 4.78 is 13.8. The van der Waals surface area contributed by atoms with Crippen LogP contribution in [0.15, 0.2) is 59.8 Å². The largest absolute Gasteiger partial charge is 0.327 e. The topological polar surface area (TPSA) is 70.2 Å². The first-order valence-corrected chi connectivity index (χ1v) is 7.93. The van der Waals surface area contributed by atoms with Crippen LogP contribution in [0.4, 0.5) is 14.9 Å². The lowest BCUT2D eigenvalue weighted by Gasteiger charge is -2.28. The zero-order chi connectivity index (χ0) is 18.0. The van der Waals surface area contributed by atoms with Crippen LogP contribution in [0, 0.1) is 5.82 Å². The third-order valence-corrected chi connectivity index (χ3v) is 4.05. The van der Waals surface area contributed by atoms with Crippen LogP contribution in [-0.2, 0) is 4.79 Å². The molecule has 3 N–H and O–H groups in total. The number of nitrogens with one attached hydrogen (secondary N) is 3. The molecule has 2 aromatic carbocycles. The smallest absolute Gasteiger partial charge is 0.319 e. The summed E-state index contributed by atoms with van der Waals surface area (Å²) in [7, 11) is 0. The van der Waals surface area contributed by atoms with Crippen LogP contribution >= 0.6 is 11.6 Å². The molecule has 2 aromatic rings. The molecule has 0 aromatic heterocycles. The van der Waals surface area contributed by atoms with E-state index in [1.807, 2.05) is 0 Å². The highest BCUT2D eigenvalue weighted by molar-refractivity contribution is 6.30. The Balaban J connectivity index is 1.97. The number of halogens is 2. The highest BCUT2D eigenvalue weighted by Crippen LogP contribution is 2.29.